The molecule has 1 aromatic heterocycles. The van der Waals surface area contributed by atoms with Crippen LogP contribution < -0.4 is 0 Å². The number of piperazine rings is 1. The number of hydrogen-bond acceptors (Lipinski definition) is 6. The van der Waals surface area contributed by atoms with Crippen LogP contribution >= 0.6 is 0 Å². The molecule has 0 amide bonds. The van der Waals surface area contributed by atoms with Crippen LogP contribution in [0.2, 0.25) is 0 Å². The van der Waals surface area contributed by atoms with Gasteiger partial charge in [-0.15, -0.1) is 0 Å². The van der Waals surface area contributed by atoms with E-state index in [1.165, 1.54) is 0 Å². The summed E-state index contributed by atoms with van der Waals surface area (Å²) >= 11 is 0. The maximum atomic E-state index is 12.0. The largest absolute Gasteiger partial charge is 0.340 e. The Kier molecular flexibility index (Phi) is 4.22. The number of aryl methyl sites for hydroxylation is 1. The molecule has 108 valence electrons. The topological polar surface area (TPSA) is 79.5 Å². The van der Waals surface area contributed by atoms with E-state index in [-0.39, 0.29) is 5.25 Å². The van der Waals surface area contributed by atoms with Crippen LogP contribution in [0.5, 0.6) is 0 Å². The number of sulfonamides is 1. The minimum Gasteiger partial charge on any atom is -0.340 e. The molecule has 1 fully saturated rings. The second kappa shape index (κ2) is 5.56. The molecule has 2 rings (SSSR count). The van der Waals surface area contributed by atoms with Gasteiger partial charge in [-0.1, -0.05) is 5.16 Å². The Bertz CT molecular complexity index is 518. The Hall–Kier alpha value is -0.990. The van der Waals surface area contributed by atoms with Gasteiger partial charge in [0.05, 0.1) is 11.8 Å². The van der Waals surface area contributed by atoms with Crippen molar-refractivity contribution in [2.45, 2.75) is 32.6 Å². The van der Waals surface area contributed by atoms with Crippen LogP contribution in [0, 0.1) is 6.92 Å². The highest BCUT2D eigenvalue weighted by Gasteiger charge is 2.29. The van der Waals surface area contributed by atoms with Gasteiger partial charge in [-0.3, -0.25) is 4.90 Å². The fourth-order valence-corrected chi connectivity index (χ4v) is 3.31. The minimum atomic E-state index is -3.14. The average Bonchev–Trinajstić information content (AvgIpc) is 2.75. The molecule has 0 aromatic carbocycles. The van der Waals surface area contributed by atoms with Crippen LogP contribution in [0.15, 0.2) is 4.52 Å². The maximum Gasteiger partial charge on any atom is 0.223 e. The van der Waals surface area contributed by atoms with Gasteiger partial charge in [0.15, 0.2) is 5.82 Å². The summed E-state index contributed by atoms with van der Waals surface area (Å²) < 4.78 is 30.5. The Labute approximate surface area is 113 Å². The lowest BCUT2D eigenvalue weighted by molar-refractivity contribution is 0.176. The fraction of sp³-hybridized carbons (Fsp3) is 0.818. The zero-order chi connectivity index (χ0) is 14.0. The molecule has 0 radical (unpaired) electrons. The Balaban J connectivity index is 1.89. The van der Waals surface area contributed by atoms with E-state index < -0.39 is 10.0 Å². The molecule has 0 N–H and O–H groups in total. The highest BCUT2D eigenvalue weighted by atomic mass is 32.2. The van der Waals surface area contributed by atoms with E-state index >= 15 is 0 Å². The van der Waals surface area contributed by atoms with Crippen LogP contribution in [-0.2, 0) is 16.6 Å². The van der Waals surface area contributed by atoms with Gasteiger partial charge in [-0.05, 0) is 13.8 Å². The zero-order valence-electron chi connectivity index (χ0n) is 11.5. The molecule has 1 saturated heterocycles. The van der Waals surface area contributed by atoms with E-state index in [0.717, 1.165) is 0 Å². The van der Waals surface area contributed by atoms with Crippen LogP contribution in [0.1, 0.15) is 25.6 Å². The molecule has 7 nitrogen and oxygen atoms in total. The van der Waals surface area contributed by atoms with E-state index in [0.29, 0.717) is 44.4 Å². The van der Waals surface area contributed by atoms with Crippen molar-refractivity contribution in [3.8, 4) is 0 Å². The minimum absolute atomic E-state index is 0.362. The molecule has 0 unspecified atom stereocenters. The molecule has 1 aliphatic heterocycles. The van der Waals surface area contributed by atoms with Crippen molar-refractivity contribution in [2.24, 2.45) is 0 Å². The van der Waals surface area contributed by atoms with Crippen molar-refractivity contribution in [3.63, 3.8) is 0 Å². The van der Waals surface area contributed by atoms with Gasteiger partial charge in [0, 0.05) is 33.1 Å². The van der Waals surface area contributed by atoms with E-state index in [2.05, 4.69) is 15.0 Å². The Morgan fingerprint density at radius 1 is 1.26 bits per heavy atom. The number of hydrogen-bond donors (Lipinski definition) is 0. The molecule has 0 saturated carbocycles. The molecule has 0 atom stereocenters. The third-order valence-electron chi connectivity index (χ3n) is 3.22. The summed E-state index contributed by atoms with van der Waals surface area (Å²) in [7, 11) is -3.14. The van der Waals surface area contributed by atoms with Crippen molar-refractivity contribution in [2.75, 3.05) is 26.2 Å². The van der Waals surface area contributed by atoms with E-state index in [9.17, 15) is 8.42 Å². The first-order valence-electron chi connectivity index (χ1n) is 6.40. The monoisotopic (exact) mass is 288 g/mol. The third kappa shape index (κ3) is 3.31. The maximum absolute atomic E-state index is 12.0. The van der Waals surface area contributed by atoms with Crippen molar-refractivity contribution < 1.29 is 12.9 Å². The molecule has 0 bridgehead atoms. The smallest absolute Gasteiger partial charge is 0.223 e. The molecular formula is C11H20N4O3S. The normalized spacial score (nSPS) is 19.2. The first-order chi connectivity index (χ1) is 8.89. The summed E-state index contributed by atoms with van der Waals surface area (Å²) in [5, 5.41) is 3.48. The van der Waals surface area contributed by atoms with Gasteiger partial charge in [-0.2, -0.15) is 9.29 Å². The molecule has 1 aliphatic rings. The zero-order valence-corrected chi connectivity index (χ0v) is 12.4. The lowest BCUT2D eigenvalue weighted by Gasteiger charge is -2.34. The lowest BCUT2D eigenvalue weighted by atomic mass is 10.3. The van der Waals surface area contributed by atoms with Crippen molar-refractivity contribution >= 4 is 10.0 Å². The van der Waals surface area contributed by atoms with Crippen molar-refractivity contribution in [3.05, 3.63) is 11.7 Å². The van der Waals surface area contributed by atoms with Gasteiger partial charge in [0.25, 0.3) is 0 Å². The Morgan fingerprint density at radius 2 is 1.89 bits per heavy atom. The highest BCUT2D eigenvalue weighted by molar-refractivity contribution is 7.89. The predicted octanol–water partition coefficient (Wildman–Crippen LogP) is 0.234. The molecule has 2 heterocycles. The molecule has 8 heteroatoms. The van der Waals surface area contributed by atoms with Crippen molar-refractivity contribution in [1.29, 1.82) is 0 Å². The standard InChI is InChI=1S/C11H20N4O3S/c1-9(2)19(16,17)15-6-4-14(5-7-15)8-11-12-10(3)18-13-11/h9H,4-8H2,1-3H3. The second-order valence-electron chi connectivity index (χ2n) is 5.00. The van der Waals surface area contributed by atoms with Crippen LogP contribution in [0.25, 0.3) is 0 Å². The van der Waals surface area contributed by atoms with E-state index in [4.69, 9.17) is 4.52 Å². The van der Waals surface area contributed by atoms with Gasteiger partial charge in [0.2, 0.25) is 15.9 Å². The molecule has 19 heavy (non-hydrogen) atoms. The lowest BCUT2D eigenvalue weighted by Crippen LogP contribution is -2.50. The quantitative estimate of drug-likeness (QED) is 0.789. The van der Waals surface area contributed by atoms with Gasteiger partial charge >= 0.3 is 0 Å². The summed E-state index contributed by atoms with van der Waals surface area (Å²) in [5.41, 5.74) is 0. The van der Waals surface area contributed by atoms with Crippen molar-refractivity contribution in [1.82, 2.24) is 19.3 Å². The van der Waals surface area contributed by atoms with E-state index in [1.54, 1.807) is 25.1 Å². The number of nitrogens with zero attached hydrogens (tertiary/aromatic N) is 4. The summed E-state index contributed by atoms with van der Waals surface area (Å²) in [6, 6.07) is 0. The van der Waals surface area contributed by atoms with Gasteiger partial charge < -0.3 is 4.52 Å². The second-order valence-corrected chi connectivity index (χ2v) is 7.49. The molecular weight excluding hydrogens is 268 g/mol. The fourth-order valence-electron chi connectivity index (χ4n) is 2.05. The number of rotatable bonds is 4. The van der Waals surface area contributed by atoms with Gasteiger partial charge in [-0.25, -0.2) is 8.42 Å². The van der Waals surface area contributed by atoms with Gasteiger partial charge in [0.1, 0.15) is 0 Å². The molecule has 0 spiro atoms. The summed E-state index contributed by atoms with van der Waals surface area (Å²) in [5.74, 6) is 1.20. The third-order valence-corrected chi connectivity index (χ3v) is 5.50. The molecule has 0 aliphatic carbocycles. The predicted molar refractivity (Wildman–Crippen MR) is 69.9 cm³/mol. The van der Waals surface area contributed by atoms with Crippen LogP contribution in [0.3, 0.4) is 0 Å². The number of aromatic nitrogens is 2. The summed E-state index contributed by atoms with van der Waals surface area (Å²) in [6.07, 6.45) is 0. The van der Waals surface area contributed by atoms with Crippen LogP contribution in [-0.4, -0.2) is 59.2 Å². The Morgan fingerprint density at radius 3 is 2.37 bits per heavy atom. The summed E-state index contributed by atoms with van der Waals surface area (Å²) in [4.78, 5) is 6.29. The summed E-state index contributed by atoms with van der Waals surface area (Å²) in [6.45, 7) is 8.22. The molecule has 1 aromatic rings. The SMILES string of the molecule is Cc1nc(CN2CCN(S(=O)(=O)C(C)C)CC2)no1. The highest BCUT2D eigenvalue weighted by Crippen LogP contribution is 2.13. The first-order valence-corrected chi connectivity index (χ1v) is 7.90. The first kappa shape index (κ1) is 14.4. The van der Waals surface area contributed by atoms with Crippen LogP contribution in [0.4, 0.5) is 0 Å². The average molecular weight is 288 g/mol. The van der Waals surface area contributed by atoms with E-state index in [1.807, 2.05) is 0 Å².